The summed E-state index contributed by atoms with van der Waals surface area (Å²) in [7, 11) is 0. The van der Waals surface area contributed by atoms with Gasteiger partial charge in [0, 0.05) is 19.1 Å². The molecule has 20 heavy (non-hydrogen) atoms. The molecule has 2 nitrogen and oxygen atoms in total. The van der Waals surface area contributed by atoms with E-state index in [0.717, 1.165) is 17.9 Å². The minimum atomic E-state index is 0.917. The smallest absolute Gasteiger partial charge is 0.00955 e. The maximum absolute atomic E-state index is 3.58. The minimum Gasteiger partial charge on any atom is -0.316 e. The lowest BCUT2D eigenvalue weighted by Gasteiger charge is -2.29. The average Bonchev–Trinajstić information content (AvgIpc) is 3.00. The maximum Gasteiger partial charge on any atom is 0.00955 e. The molecule has 2 saturated heterocycles. The lowest BCUT2D eigenvalue weighted by molar-refractivity contribution is 0.195. The molecule has 0 aromatic carbocycles. The van der Waals surface area contributed by atoms with Crippen molar-refractivity contribution in [3.63, 3.8) is 0 Å². The van der Waals surface area contributed by atoms with Crippen LogP contribution in [0, 0.1) is 11.8 Å². The van der Waals surface area contributed by atoms with E-state index in [1.807, 2.05) is 0 Å². The molecule has 0 aromatic rings. The van der Waals surface area contributed by atoms with E-state index in [-0.39, 0.29) is 0 Å². The summed E-state index contributed by atoms with van der Waals surface area (Å²) < 4.78 is 0. The van der Waals surface area contributed by atoms with Crippen LogP contribution in [0.15, 0.2) is 0 Å². The molecule has 1 N–H and O–H groups in total. The third kappa shape index (κ3) is 3.98. The molecule has 3 fully saturated rings. The van der Waals surface area contributed by atoms with Gasteiger partial charge in [0.05, 0.1) is 0 Å². The van der Waals surface area contributed by atoms with E-state index >= 15 is 0 Å². The first-order chi connectivity index (χ1) is 9.93. The summed E-state index contributed by atoms with van der Waals surface area (Å²) in [6.07, 6.45) is 16.3. The van der Waals surface area contributed by atoms with Gasteiger partial charge in [0.15, 0.2) is 0 Å². The molecule has 1 saturated carbocycles. The number of nitrogens with zero attached hydrogens (tertiary/aromatic N) is 1. The molecule has 2 heterocycles. The van der Waals surface area contributed by atoms with Crippen LogP contribution in [0.5, 0.6) is 0 Å². The van der Waals surface area contributed by atoms with Crippen molar-refractivity contribution < 1.29 is 0 Å². The first-order valence-electron chi connectivity index (χ1n) is 9.38. The van der Waals surface area contributed by atoms with E-state index in [0.29, 0.717) is 0 Å². The van der Waals surface area contributed by atoms with Crippen LogP contribution in [-0.2, 0) is 0 Å². The van der Waals surface area contributed by atoms with Gasteiger partial charge in [-0.25, -0.2) is 0 Å². The summed E-state index contributed by atoms with van der Waals surface area (Å²) in [4.78, 5) is 2.88. The lowest BCUT2D eigenvalue weighted by Crippen LogP contribution is -2.35. The number of rotatable bonds is 1. The molecule has 0 bridgehead atoms. The van der Waals surface area contributed by atoms with Crippen LogP contribution in [0.25, 0.3) is 0 Å². The van der Waals surface area contributed by atoms with Gasteiger partial charge in [-0.1, -0.05) is 57.8 Å². The predicted octanol–water partition coefficient (Wildman–Crippen LogP) is 3.81. The Labute approximate surface area is 125 Å². The molecule has 0 radical (unpaired) electrons. The van der Waals surface area contributed by atoms with Crippen molar-refractivity contribution in [2.45, 2.75) is 76.7 Å². The van der Waals surface area contributed by atoms with Crippen LogP contribution < -0.4 is 5.32 Å². The highest BCUT2D eigenvalue weighted by Crippen LogP contribution is 2.31. The number of hydrogen-bond donors (Lipinski definition) is 1. The zero-order chi connectivity index (χ0) is 13.6. The van der Waals surface area contributed by atoms with E-state index in [9.17, 15) is 0 Å². The Hall–Kier alpha value is -0.0800. The highest BCUT2D eigenvalue weighted by molar-refractivity contribution is 4.93. The summed E-state index contributed by atoms with van der Waals surface area (Å²) in [5, 5.41) is 3.58. The maximum atomic E-state index is 3.58. The van der Waals surface area contributed by atoms with E-state index in [2.05, 4.69) is 10.2 Å². The summed E-state index contributed by atoms with van der Waals surface area (Å²) in [6.45, 7) is 5.35. The summed E-state index contributed by atoms with van der Waals surface area (Å²) in [5.74, 6) is 1.94. The Morgan fingerprint density at radius 2 is 1.05 bits per heavy atom. The highest BCUT2D eigenvalue weighted by Gasteiger charge is 2.38. The molecular weight excluding hydrogens is 244 g/mol. The Morgan fingerprint density at radius 3 is 1.55 bits per heavy atom. The van der Waals surface area contributed by atoms with Crippen molar-refractivity contribution in [3.05, 3.63) is 0 Å². The van der Waals surface area contributed by atoms with Crippen molar-refractivity contribution in [1.82, 2.24) is 10.2 Å². The van der Waals surface area contributed by atoms with Crippen LogP contribution in [0.1, 0.15) is 70.6 Å². The number of likely N-dealkylation sites (tertiary alicyclic amines) is 1. The molecule has 116 valence electrons. The number of hydrogen-bond acceptors (Lipinski definition) is 2. The third-order valence-corrected chi connectivity index (χ3v) is 6.01. The Morgan fingerprint density at radius 1 is 0.600 bits per heavy atom. The Bertz CT molecular complexity index is 255. The highest BCUT2D eigenvalue weighted by atomic mass is 15.2. The first-order valence-corrected chi connectivity index (χ1v) is 9.38. The molecule has 2 aliphatic heterocycles. The van der Waals surface area contributed by atoms with Gasteiger partial charge < -0.3 is 5.32 Å². The van der Waals surface area contributed by atoms with Crippen LogP contribution in [0.3, 0.4) is 0 Å². The molecule has 3 rings (SSSR count). The fourth-order valence-electron chi connectivity index (χ4n) is 4.70. The molecule has 0 aromatic heterocycles. The van der Waals surface area contributed by atoms with Crippen molar-refractivity contribution >= 4 is 0 Å². The molecule has 2 heteroatoms. The topological polar surface area (TPSA) is 15.3 Å². The molecule has 3 aliphatic rings. The molecule has 1 aliphatic carbocycles. The van der Waals surface area contributed by atoms with E-state index in [4.69, 9.17) is 0 Å². The second-order valence-corrected chi connectivity index (χ2v) is 7.55. The van der Waals surface area contributed by atoms with Gasteiger partial charge in [-0.2, -0.15) is 0 Å². The van der Waals surface area contributed by atoms with Gasteiger partial charge in [0.25, 0.3) is 0 Å². The van der Waals surface area contributed by atoms with Crippen LogP contribution in [0.2, 0.25) is 0 Å². The summed E-state index contributed by atoms with van der Waals surface area (Å²) in [5.41, 5.74) is 0. The average molecular weight is 278 g/mol. The number of fused-ring (bicyclic) bond motifs is 1. The molecule has 0 unspecified atom stereocenters. The van der Waals surface area contributed by atoms with Gasteiger partial charge in [0.1, 0.15) is 0 Å². The largest absolute Gasteiger partial charge is 0.316 e. The predicted molar refractivity (Wildman–Crippen MR) is 86.0 cm³/mol. The SMILES string of the molecule is C1CCCCCC(N2C[C@H]3CNC[C@H]3C2)CCCCC1. The van der Waals surface area contributed by atoms with Crippen molar-refractivity contribution in [2.24, 2.45) is 11.8 Å². The van der Waals surface area contributed by atoms with Crippen molar-refractivity contribution in [3.8, 4) is 0 Å². The molecule has 0 spiro atoms. The lowest BCUT2D eigenvalue weighted by atomic mass is 9.97. The van der Waals surface area contributed by atoms with Crippen LogP contribution in [-0.4, -0.2) is 37.1 Å². The fourth-order valence-corrected chi connectivity index (χ4v) is 4.70. The van der Waals surface area contributed by atoms with Gasteiger partial charge in [0.2, 0.25) is 0 Å². The molecular formula is C18H34N2. The zero-order valence-corrected chi connectivity index (χ0v) is 13.3. The fraction of sp³-hybridized carbons (Fsp3) is 1.00. The van der Waals surface area contributed by atoms with E-state index < -0.39 is 0 Å². The van der Waals surface area contributed by atoms with E-state index in [1.165, 1.54) is 96.8 Å². The molecule has 0 amide bonds. The summed E-state index contributed by atoms with van der Waals surface area (Å²) >= 11 is 0. The van der Waals surface area contributed by atoms with Crippen LogP contribution in [0.4, 0.5) is 0 Å². The van der Waals surface area contributed by atoms with Crippen molar-refractivity contribution in [2.75, 3.05) is 26.2 Å². The standard InChI is InChI=1S/C18H34N2/c1-2-4-6-8-10-18(11-9-7-5-3-1)20-14-16-12-19-13-17(16)15-20/h16-19H,1-15H2/t16-,17+. The second-order valence-electron chi connectivity index (χ2n) is 7.55. The second kappa shape index (κ2) is 7.79. The monoisotopic (exact) mass is 278 g/mol. The Balaban J connectivity index is 1.49. The Kier molecular flexibility index (Phi) is 5.78. The normalized spacial score (nSPS) is 35.4. The quantitative estimate of drug-likeness (QED) is 0.784. The zero-order valence-electron chi connectivity index (χ0n) is 13.3. The van der Waals surface area contributed by atoms with Gasteiger partial charge in [-0.05, 0) is 37.8 Å². The van der Waals surface area contributed by atoms with Gasteiger partial charge >= 0.3 is 0 Å². The minimum absolute atomic E-state index is 0.917. The van der Waals surface area contributed by atoms with Crippen LogP contribution >= 0.6 is 0 Å². The van der Waals surface area contributed by atoms with E-state index in [1.54, 1.807) is 0 Å². The van der Waals surface area contributed by atoms with Gasteiger partial charge in [-0.15, -0.1) is 0 Å². The summed E-state index contributed by atoms with van der Waals surface area (Å²) in [6, 6.07) is 0.917. The number of nitrogens with one attached hydrogen (secondary N) is 1. The van der Waals surface area contributed by atoms with Crippen molar-refractivity contribution in [1.29, 1.82) is 0 Å². The molecule has 2 atom stereocenters. The third-order valence-electron chi connectivity index (χ3n) is 6.01. The van der Waals surface area contributed by atoms with Gasteiger partial charge in [-0.3, -0.25) is 4.90 Å². The first kappa shape index (κ1) is 14.8.